The molecule has 140 valence electrons. The molecule has 3 aliphatic rings. The van der Waals surface area contributed by atoms with Gasteiger partial charge in [-0.05, 0) is 18.6 Å². The molecular weight excluding hydrogens is 364 g/mol. The highest BCUT2D eigenvalue weighted by atomic mass is 16.7. The second-order valence-electron chi connectivity index (χ2n) is 6.49. The number of allylic oxidation sites excluding steroid dienone is 1. The largest absolute Gasteiger partial charge is 0.454 e. The van der Waals surface area contributed by atoms with Crippen LogP contribution >= 0.6 is 0 Å². The van der Waals surface area contributed by atoms with E-state index in [1.807, 2.05) is 31.2 Å². The van der Waals surface area contributed by atoms with Crippen molar-refractivity contribution in [2.45, 2.75) is 13.5 Å². The van der Waals surface area contributed by atoms with Crippen molar-refractivity contribution in [2.24, 2.45) is 10.9 Å². The van der Waals surface area contributed by atoms with Gasteiger partial charge in [0.05, 0.1) is 5.71 Å². The van der Waals surface area contributed by atoms with Crippen molar-refractivity contribution < 1.29 is 23.6 Å². The number of carbonyl (C=O) groups excluding carboxylic acids is 2. The van der Waals surface area contributed by atoms with Crippen molar-refractivity contribution in [3.8, 4) is 11.4 Å². The normalized spacial score (nSPS) is 20.5. The number of amides is 3. The maximum Gasteiger partial charge on any atom is 0.351 e. The number of hydrogen-bond acceptors (Lipinski definition) is 7. The molecule has 0 spiro atoms. The zero-order valence-corrected chi connectivity index (χ0v) is 14.8. The van der Waals surface area contributed by atoms with Crippen LogP contribution in [0.4, 0.5) is 4.79 Å². The fourth-order valence-corrected chi connectivity index (χ4v) is 3.27. The van der Waals surface area contributed by atoms with Gasteiger partial charge in [-0.3, -0.25) is 9.69 Å². The van der Waals surface area contributed by atoms with E-state index in [-0.39, 0.29) is 19.2 Å². The zero-order chi connectivity index (χ0) is 19.3. The highest BCUT2D eigenvalue weighted by Crippen LogP contribution is 2.31. The van der Waals surface area contributed by atoms with Gasteiger partial charge >= 0.3 is 6.03 Å². The molecule has 0 radical (unpaired) electrons. The molecule has 28 heavy (non-hydrogen) atoms. The number of aliphatic imine (C=N–C) groups is 1. The first-order valence-corrected chi connectivity index (χ1v) is 8.62. The van der Waals surface area contributed by atoms with Crippen LogP contribution in [0.15, 0.2) is 57.5 Å². The molecule has 9 heteroatoms. The number of urea groups is 1. The van der Waals surface area contributed by atoms with E-state index in [9.17, 15) is 9.59 Å². The van der Waals surface area contributed by atoms with Crippen molar-refractivity contribution in [1.82, 2.24) is 15.0 Å². The van der Waals surface area contributed by atoms with Crippen LogP contribution in [0.5, 0.6) is 0 Å². The SMILES string of the molecule is Cc1ccccc1-c1noc(CN2C(=O)N=C3C=C4OCOC4=CC3C2=O)n1. The molecule has 1 aliphatic carbocycles. The molecule has 1 unspecified atom stereocenters. The van der Waals surface area contributed by atoms with Crippen molar-refractivity contribution in [2.75, 3.05) is 6.79 Å². The van der Waals surface area contributed by atoms with Crippen LogP contribution in [-0.2, 0) is 20.8 Å². The van der Waals surface area contributed by atoms with Crippen LogP contribution in [0.3, 0.4) is 0 Å². The number of hydrogen-bond donors (Lipinski definition) is 0. The summed E-state index contributed by atoms with van der Waals surface area (Å²) in [6, 6.07) is 6.92. The highest BCUT2D eigenvalue weighted by Gasteiger charge is 2.40. The van der Waals surface area contributed by atoms with Crippen molar-refractivity contribution in [3.63, 3.8) is 0 Å². The molecule has 1 aromatic carbocycles. The second-order valence-corrected chi connectivity index (χ2v) is 6.49. The van der Waals surface area contributed by atoms with Crippen LogP contribution < -0.4 is 0 Å². The Morgan fingerprint density at radius 1 is 1.18 bits per heavy atom. The topological polar surface area (TPSA) is 107 Å². The van der Waals surface area contributed by atoms with Crippen LogP contribution in [0.25, 0.3) is 11.4 Å². The van der Waals surface area contributed by atoms with Crippen molar-refractivity contribution in [3.05, 3.63) is 59.4 Å². The molecule has 2 aliphatic heterocycles. The fraction of sp³-hybridized carbons (Fsp3) is 0.211. The third kappa shape index (κ3) is 2.59. The first-order valence-electron chi connectivity index (χ1n) is 8.62. The lowest BCUT2D eigenvalue weighted by molar-refractivity contribution is -0.130. The van der Waals surface area contributed by atoms with E-state index >= 15 is 0 Å². The minimum atomic E-state index is -0.711. The average molecular weight is 378 g/mol. The number of benzene rings is 1. The zero-order valence-electron chi connectivity index (χ0n) is 14.8. The predicted octanol–water partition coefficient (Wildman–Crippen LogP) is 2.35. The summed E-state index contributed by atoms with van der Waals surface area (Å²) < 4.78 is 15.8. The molecule has 1 aromatic heterocycles. The Bertz CT molecular complexity index is 1100. The molecule has 0 bridgehead atoms. The highest BCUT2D eigenvalue weighted by molar-refractivity contribution is 6.22. The Labute approximate surface area is 158 Å². The third-order valence-corrected chi connectivity index (χ3v) is 4.72. The van der Waals surface area contributed by atoms with E-state index in [0.29, 0.717) is 23.1 Å². The Kier molecular flexibility index (Phi) is 3.61. The van der Waals surface area contributed by atoms with Gasteiger partial charge in [0, 0.05) is 11.6 Å². The standard InChI is InChI=1S/C19H14N4O5/c1-10-4-2-3-5-11(10)17-21-16(28-22-17)8-23-18(24)12-6-14-15(27-9-26-14)7-13(12)20-19(23)25/h2-7,12H,8-9H2,1H3. The van der Waals surface area contributed by atoms with Gasteiger partial charge in [-0.2, -0.15) is 9.98 Å². The van der Waals surface area contributed by atoms with Gasteiger partial charge in [-0.15, -0.1) is 0 Å². The Morgan fingerprint density at radius 3 is 2.86 bits per heavy atom. The van der Waals surface area contributed by atoms with Crippen LogP contribution in [0.1, 0.15) is 11.5 Å². The number of aromatic nitrogens is 2. The Morgan fingerprint density at radius 2 is 2.00 bits per heavy atom. The van der Waals surface area contributed by atoms with E-state index in [1.54, 1.807) is 12.2 Å². The van der Waals surface area contributed by atoms with Gasteiger partial charge in [0.1, 0.15) is 12.5 Å². The second kappa shape index (κ2) is 6.15. The first-order chi connectivity index (χ1) is 13.6. The summed E-state index contributed by atoms with van der Waals surface area (Å²) in [6.45, 7) is 1.86. The molecule has 1 fully saturated rings. The fourth-order valence-electron chi connectivity index (χ4n) is 3.27. The summed E-state index contributed by atoms with van der Waals surface area (Å²) in [5.41, 5.74) is 2.15. The van der Waals surface area contributed by atoms with E-state index < -0.39 is 17.9 Å². The predicted molar refractivity (Wildman–Crippen MR) is 94.5 cm³/mol. The maximum atomic E-state index is 12.9. The Hall–Kier alpha value is -3.75. The quantitative estimate of drug-likeness (QED) is 0.807. The number of aryl methyl sites for hydroxylation is 1. The lowest BCUT2D eigenvalue weighted by Crippen LogP contribution is -2.46. The minimum absolute atomic E-state index is 0.0766. The molecule has 3 amide bonds. The summed E-state index contributed by atoms with van der Waals surface area (Å²) in [5, 5.41) is 3.96. The molecule has 9 nitrogen and oxygen atoms in total. The number of fused-ring (bicyclic) bond motifs is 2. The molecular formula is C19H14N4O5. The van der Waals surface area contributed by atoms with Crippen molar-refractivity contribution >= 4 is 17.6 Å². The van der Waals surface area contributed by atoms with Crippen LogP contribution in [-0.4, -0.2) is 39.5 Å². The van der Waals surface area contributed by atoms with Gasteiger partial charge < -0.3 is 14.0 Å². The van der Waals surface area contributed by atoms with Crippen LogP contribution in [0, 0.1) is 12.8 Å². The van der Waals surface area contributed by atoms with Gasteiger partial charge in [-0.25, -0.2) is 4.79 Å². The molecule has 0 saturated carbocycles. The summed E-state index contributed by atoms with van der Waals surface area (Å²) in [7, 11) is 0. The van der Waals surface area contributed by atoms with E-state index in [0.717, 1.165) is 16.0 Å². The van der Waals surface area contributed by atoms with E-state index in [1.165, 1.54) is 0 Å². The van der Waals surface area contributed by atoms with Crippen molar-refractivity contribution in [1.29, 1.82) is 0 Å². The monoisotopic (exact) mass is 378 g/mol. The minimum Gasteiger partial charge on any atom is -0.454 e. The molecule has 0 N–H and O–H groups in total. The maximum absolute atomic E-state index is 12.9. The van der Waals surface area contributed by atoms with Gasteiger partial charge in [0.2, 0.25) is 24.4 Å². The Balaban J connectivity index is 1.41. The lowest BCUT2D eigenvalue weighted by Gasteiger charge is -2.27. The summed E-state index contributed by atoms with van der Waals surface area (Å²) in [5.74, 6) is 0.368. The molecule has 3 heterocycles. The first kappa shape index (κ1) is 16.4. The number of imide groups is 1. The molecule has 1 saturated heterocycles. The third-order valence-electron chi connectivity index (χ3n) is 4.72. The van der Waals surface area contributed by atoms with E-state index in [2.05, 4.69) is 15.1 Å². The number of ether oxygens (including phenoxy) is 2. The summed E-state index contributed by atoms with van der Waals surface area (Å²) >= 11 is 0. The lowest BCUT2D eigenvalue weighted by atomic mass is 9.94. The van der Waals surface area contributed by atoms with Gasteiger partial charge in [0.25, 0.3) is 0 Å². The number of rotatable bonds is 3. The number of nitrogens with zero attached hydrogens (tertiary/aromatic N) is 4. The number of carbonyl (C=O) groups is 2. The average Bonchev–Trinajstić information content (AvgIpc) is 3.33. The van der Waals surface area contributed by atoms with Gasteiger partial charge in [0.15, 0.2) is 11.5 Å². The molecule has 1 atom stereocenters. The summed E-state index contributed by atoms with van der Waals surface area (Å²) in [6.07, 6.45) is 3.17. The smallest absolute Gasteiger partial charge is 0.351 e. The molecule has 5 rings (SSSR count). The van der Waals surface area contributed by atoms with Gasteiger partial charge in [-0.1, -0.05) is 29.4 Å². The van der Waals surface area contributed by atoms with Crippen LogP contribution in [0.2, 0.25) is 0 Å². The molecule has 2 aromatic rings. The van der Waals surface area contributed by atoms with E-state index in [4.69, 9.17) is 14.0 Å². The summed E-state index contributed by atoms with van der Waals surface area (Å²) in [4.78, 5) is 34.6.